The number of para-hydroxylation sites is 2. The highest BCUT2D eigenvalue weighted by atomic mass is 32.1. The van der Waals surface area contributed by atoms with Gasteiger partial charge in [-0.25, -0.2) is 15.0 Å². The summed E-state index contributed by atoms with van der Waals surface area (Å²) in [6.45, 7) is 0. The van der Waals surface area contributed by atoms with Crippen molar-refractivity contribution in [3.63, 3.8) is 0 Å². The Morgan fingerprint density at radius 2 is 0.889 bits per heavy atom. The fraction of sp³-hybridized carbons (Fsp3) is 0. The molecule has 0 spiro atoms. The number of nitriles is 1. The van der Waals surface area contributed by atoms with Gasteiger partial charge in [0.05, 0.1) is 33.3 Å². The van der Waals surface area contributed by atoms with E-state index in [0.717, 1.165) is 82.8 Å². The lowest BCUT2D eigenvalue weighted by Gasteiger charge is -2.13. The fourth-order valence-corrected chi connectivity index (χ4v) is 13.1. The Balaban J connectivity index is 0.937. The predicted molar refractivity (Wildman–Crippen MR) is 301 cm³/mol. The van der Waals surface area contributed by atoms with Crippen LogP contribution in [0.2, 0.25) is 0 Å². The van der Waals surface area contributed by atoms with Crippen molar-refractivity contribution in [1.82, 2.24) is 24.1 Å². The van der Waals surface area contributed by atoms with Gasteiger partial charge >= 0.3 is 0 Å². The van der Waals surface area contributed by atoms with E-state index in [0.29, 0.717) is 23.0 Å². The smallest absolute Gasteiger partial charge is 0.164 e. The van der Waals surface area contributed by atoms with Gasteiger partial charge in [0.2, 0.25) is 0 Å². The van der Waals surface area contributed by atoms with Crippen LogP contribution in [0.1, 0.15) is 5.56 Å². The average Bonchev–Trinajstić information content (AvgIpc) is 4.20. The van der Waals surface area contributed by atoms with Crippen molar-refractivity contribution in [2.75, 3.05) is 0 Å². The van der Waals surface area contributed by atoms with Crippen molar-refractivity contribution < 1.29 is 0 Å². The topological polar surface area (TPSA) is 72.3 Å². The Morgan fingerprint density at radius 3 is 1.61 bits per heavy atom. The molecule has 15 aromatic rings. The fourth-order valence-electron chi connectivity index (χ4n) is 10.9. The molecule has 0 saturated heterocycles. The molecule has 8 heteroatoms. The maximum absolute atomic E-state index is 11.3. The molecule has 72 heavy (non-hydrogen) atoms. The molecule has 15 rings (SSSR count). The van der Waals surface area contributed by atoms with Crippen LogP contribution in [0.4, 0.5) is 0 Å². The highest BCUT2D eigenvalue weighted by Gasteiger charge is 2.23. The summed E-state index contributed by atoms with van der Waals surface area (Å²) in [4.78, 5) is 15.6. The van der Waals surface area contributed by atoms with Crippen molar-refractivity contribution >= 4 is 107 Å². The van der Waals surface area contributed by atoms with Crippen molar-refractivity contribution in [2.45, 2.75) is 0 Å². The summed E-state index contributed by atoms with van der Waals surface area (Å²) in [6, 6.07) is 79.6. The summed E-state index contributed by atoms with van der Waals surface area (Å²) in [5.74, 6) is 1.60. The van der Waals surface area contributed by atoms with E-state index in [9.17, 15) is 5.26 Å². The molecule has 0 bridgehead atoms. The van der Waals surface area contributed by atoms with Crippen LogP contribution in [0.3, 0.4) is 0 Å². The summed E-state index contributed by atoms with van der Waals surface area (Å²) in [7, 11) is 0. The molecule has 0 aliphatic rings. The first-order valence-electron chi connectivity index (χ1n) is 23.9. The van der Waals surface area contributed by atoms with Crippen molar-refractivity contribution in [3.05, 3.63) is 224 Å². The van der Waals surface area contributed by atoms with Crippen LogP contribution < -0.4 is 0 Å². The first kappa shape index (κ1) is 40.6. The summed E-state index contributed by atoms with van der Waals surface area (Å²) in [5.41, 5.74) is 11.3. The number of hydrogen-bond donors (Lipinski definition) is 0. The third-order valence-electron chi connectivity index (χ3n) is 14.2. The van der Waals surface area contributed by atoms with Gasteiger partial charge in [-0.15, -0.1) is 22.7 Å². The normalized spacial score (nSPS) is 11.9. The number of fused-ring (bicyclic) bond motifs is 13. The molecule has 0 fully saturated rings. The minimum Gasteiger partial charge on any atom is -0.309 e. The zero-order chi connectivity index (χ0) is 47.4. The third kappa shape index (κ3) is 6.22. The second-order valence-electron chi connectivity index (χ2n) is 18.2. The molecule has 0 N–H and O–H groups in total. The standard InChI is InChI=1S/C64H36N6S2/c65-37-43-34-41(63-66-62(40-16-12-15-39(33-40)38-13-2-1-3-14-38)67-64(68-63)42-26-31-58-50(35-42)46-18-6-10-23-56(46)71-58)25-29-52(43)70-53-21-8-4-17-45(53)48-28-30-55-60(61(48)70)49-20-5-9-22-54(49)69(55)44-27-32-59-51(36-44)47-19-7-11-24-57(47)72-59/h1-36H. The largest absolute Gasteiger partial charge is 0.309 e. The van der Waals surface area contributed by atoms with Gasteiger partial charge in [-0.05, 0) is 102 Å². The van der Waals surface area contributed by atoms with Crippen LogP contribution in [0.15, 0.2) is 218 Å². The molecular weight excluding hydrogens is 917 g/mol. The van der Waals surface area contributed by atoms with Crippen LogP contribution in [-0.4, -0.2) is 24.1 Å². The Kier molecular flexibility index (Phi) is 8.96. The van der Waals surface area contributed by atoms with E-state index < -0.39 is 0 Å². The van der Waals surface area contributed by atoms with Gasteiger partial charge in [-0.3, -0.25) is 0 Å². The summed E-state index contributed by atoms with van der Waals surface area (Å²) in [5, 5.41) is 20.7. The Labute approximate surface area is 420 Å². The van der Waals surface area contributed by atoms with E-state index in [1.165, 1.54) is 40.3 Å². The third-order valence-corrected chi connectivity index (χ3v) is 16.5. The molecule has 0 unspecified atom stereocenters. The van der Waals surface area contributed by atoms with E-state index in [-0.39, 0.29) is 0 Å². The Hall–Kier alpha value is -9.26. The molecular formula is C64H36N6S2. The number of nitrogens with zero attached hydrogens (tertiary/aromatic N) is 6. The van der Waals surface area contributed by atoms with Crippen LogP contribution in [0.5, 0.6) is 0 Å². The summed E-state index contributed by atoms with van der Waals surface area (Å²) in [6.07, 6.45) is 0. The zero-order valence-corrected chi connectivity index (χ0v) is 39.9. The zero-order valence-electron chi connectivity index (χ0n) is 38.3. The number of benzene rings is 10. The first-order chi connectivity index (χ1) is 35.6. The van der Waals surface area contributed by atoms with Gasteiger partial charge in [-0.1, -0.05) is 127 Å². The molecule has 5 heterocycles. The van der Waals surface area contributed by atoms with E-state index >= 15 is 0 Å². The lowest BCUT2D eigenvalue weighted by molar-refractivity contribution is 1.07. The Morgan fingerprint density at radius 1 is 0.347 bits per heavy atom. The SMILES string of the molecule is N#Cc1cc(-c2nc(-c3cccc(-c4ccccc4)c3)nc(-c3ccc4sc5ccccc5c4c3)n2)ccc1-n1c2ccccc2c2ccc3c(c4ccccc4n3-c3ccc4sc5ccccc5c4c3)c21. The van der Waals surface area contributed by atoms with Gasteiger partial charge in [0, 0.05) is 84.3 Å². The first-order valence-corrected chi connectivity index (χ1v) is 25.5. The van der Waals surface area contributed by atoms with Crippen LogP contribution in [0, 0.1) is 11.3 Å². The molecule has 10 aromatic carbocycles. The molecule has 5 aromatic heterocycles. The molecule has 334 valence electrons. The highest BCUT2D eigenvalue weighted by molar-refractivity contribution is 7.26. The van der Waals surface area contributed by atoms with Crippen molar-refractivity contribution in [1.29, 1.82) is 5.26 Å². The van der Waals surface area contributed by atoms with Gasteiger partial charge in [-0.2, -0.15) is 5.26 Å². The van der Waals surface area contributed by atoms with Gasteiger partial charge in [0.15, 0.2) is 17.5 Å². The van der Waals surface area contributed by atoms with Crippen LogP contribution in [-0.2, 0) is 0 Å². The number of thiophene rings is 2. The second kappa shape index (κ2) is 15.9. The minimum absolute atomic E-state index is 0.487. The van der Waals surface area contributed by atoms with E-state index in [1.807, 2.05) is 23.5 Å². The molecule has 0 aliphatic heterocycles. The molecule has 6 nitrogen and oxygen atoms in total. The monoisotopic (exact) mass is 952 g/mol. The average molecular weight is 953 g/mol. The van der Waals surface area contributed by atoms with Crippen molar-refractivity contribution in [2.24, 2.45) is 0 Å². The summed E-state index contributed by atoms with van der Waals surface area (Å²) < 4.78 is 9.69. The maximum atomic E-state index is 11.3. The van der Waals surface area contributed by atoms with Crippen LogP contribution in [0.25, 0.3) is 141 Å². The Bertz CT molecular complexity index is 4780. The quantitative estimate of drug-likeness (QED) is 0.166. The number of aromatic nitrogens is 5. The molecule has 0 radical (unpaired) electrons. The molecule has 0 aliphatic carbocycles. The summed E-state index contributed by atoms with van der Waals surface area (Å²) >= 11 is 3.62. The number of hydrogen-bond acceptors (Lipinski definition) is 6. The number of rotatable bonds is 6. The maximum Gasteiger partial charge on any atom is 0.164 e. The lowest BCUT2D eigenvalue weighted by atomic mass is 10.0. The van der Waals surface area contributed by atoms with Crippen molar-refractivity contribution in [3.8, 4) is 62.7 Å². The molecule has 0 atom stereocenters. The molecule has 0 saturated carbocycles. The van der Waals surface area contributed by atoms with Gasteiger partial charge in [0.1, 0.15) is 6.07 Å². The molecule has 0 amide bonds. The van der Waals surface area contributed by atoms with E-state index in [2.05, 4.69) is 221 Å². The van der Waals surface area contributed by atoms with E-state index in [1.54, 1.807) is 11.3 Å². The van der Waals surface area contributed by atoms with Gasteiger partial charge < -0.3 is 9.13 Å². The highest BCUT2D eigenvalue weighted by Crippen LogP contribution is 2.44. The van der Waals surface area contributed by atoms with Gasteiger partial charge in [0.25, 0.3) is 0 Å². The van der Waals surface area contributed by atoms with E-state index in [4.69, 9.17) is 15.0 Å². The van der Waals surface area contributed by atoms with Crippen LogP contribution >= 0.6 is 22.7 Å². The minimum atomic E-state index is 0.487. The second-order valence-corrected chi connectivity index (χ2v) is 20.4. The lowest BCUT2D eigenvalue weighted by Crippen LogP contribution is -2.02. The predicted octanol–water partition coefficient (Wildman–Crippen LogP) is 17.3.